The third-order valence-corrected chi connectivity index (χ3v) is 3.73. The SMILES string of the molecule is Cc1nnsc1C(=O)c1c(Cl)cnn1CCN(C)C. The van der Waals surface area contributed by atoms with Gasteiger partial charge in [0.1, 0.15) is 10.6 Å². The topological polar surface area (TPSA) is 63.9 Å². The molecule has 0 aromatic carbocycles. The van der Waals surface area contributed by atoms with Crippen LogP contribution in [0.3, 0.4) is 0 Å². The van der Waals surface area contributed by atoms with Crippen LogP contribution in [0.4, 0.5) is 0 Å². The van der Waals surface area contributed by atoms with E-state index < -0.39 is 0 Å². The molecule has 0 fully saturated rings. The number of likely N-dealkylation sites (N-methyl/N-ethyl adjacent to an activating group) is 1. The van der Waals surface area contributed by atoms with E-state index in [2.05, 4.69) is 14.7 Å². The second kappa shape index (κ2) is 5.77. The lowest BCUT2D eigenvalue weighted by atomic mass is 10.2. The first-order chi connectivity index (χ1) is 9.00. The largest absolute Gasteiger partial charge is 0.308 e. The molecule has 102 valence electrons. The predicted molar refractivity (Wildman–Crippen MR) is 73.9 cm³/mol. The minimum Gasteiger partial charge on any atom is -0.308 e. The molecule has 0 saturated carbocycles. The number of hydrogen-bond acceptors (Lipinski definition) is 6. The summed E-state index contributed by atoms with van der Waals surface area (Å²) in [7, 11) is 3.92. The summed E-state index contributed by atoms with van der Waals surface area (Å²) in [6.07, 6.45) is 1.49. The quantitative estimate of drug-likeness (QED) is 0.783. The molecule has 0 atom stereocenters. The first-order valence-corrected chi connectivity index (χ1v) is 6.85. The molecule has 0 amide bonds. The Morgan fingerprint density at radius 2 is 2.26 bits per heavy atom. The minimum absolute atomic E-state index is 0.172. The van der Waals surface area contributed by atoms with Gasteiger partial charge in [-0.1, -0.05) is 16.1 Å². The van der Waals surface area contributed by atoms with Crippen LogP contribution in [0.2, 0.25) is 5.02 Å². The van der Waals surface area contributed by atoms with Gasteiger partial charge in [-0.25, -0.2) is 0 Å². The molecule has 2 heterocycles. The van der Waals surface area contributed by atoms with E-state index in [9.17, 15) is 4.79 Å². The van der Waals surface area contributed by atoms with Gasteiger partial charge in [-0.15, -0.1) is 5.10 Å². The number of halogens is 1. The Bertz CT molecular complexity index is 592. The van der Waals surface area contributed by atoms with E-state index in [-0.39, 0.29) is 5.78 Å². The van der Waals surface area contributed by atoms with Gasteiger partial charge in [-0.05, 0) is 32.6 Å². The van der Waals surface area contributed by atoms with Crippen molar-refractivity contribution >= 4 is 28.9 Å². The highest BCUT2D eigenvalue weighted by atomic mass is 35.5. The maximum absolute atomic E-state index is 12.4. The number of hydrogen-bond donors (Lipinski definition) is 0. The molecule has 0 N–H and O–H groups in total. The summed E-state index contributed by atoms with van der Waals surface area (Å²) in [6, 6.07) is 0. The average Bonchev–Trinajstić information content (AvgIpc) is 2.92. The van der Waals surface area contributed by atoms with Crippen LogP contribution < -0.4 is 0 Å². The molecule has 8 heteroatoms. The summed E-state index contributed by atoms with van der Waals surface area (Å²) in [6.45, 7) is 3.13. The van der Waals surface area contributed by atoms with Gasteiger partial charge in [0.05, 0.1) is 23.5 Å². The van der Waals surface area contributed by atoms with E-state index in [4.69, 9.17) is 11.6 Å². The van der Waals surface area contributed by atoms with E-state index in [1.165, 1.54) is 6.20 Å². The fourth-order valence-corrected chi connectivity index (χ4v) is 2.42. The third-order valence-electron chi connectivity index (χ3n) is 2.63. The lowest BCUT2D eigenvalue weighted by molar-refractivity contribution is 0.103. The van der Waals surface area contributed by atoms with E-state index in [1.807, 2.05) is 19.0 Å². The molecule has 19 heavy (non-hydrogen) atoms. The minimum atomic E-state index is -0.172. The molecule has 0 spiro atoms. The summed E-state index contributed by atoms with van der Waals surface area (Å²) in [5, 5.41) is 8.36. The van der Waals surface area contributed by atoms with Crippen molar-refractivity contribution in [3.05, 3.63) is 27.5 Å². The summed E-state index contributed by atoms with van der Waals surface area (Å²) in [5.74, 6) is -0.172. The second-order valence-corrected chi connectivity index (χ2v) is 5.55. The summed E-state index contributed by atoms with van der Waals surface area (Å²) in [5.41, 5.74) is 1.02. The van der Waals surface area contributed by atoms with Crippen LogP contribution in [-0.2, 0) is 6.54 Å². The second-order valence-electron chi connectivity index (χ2n) is 4.38. The lowest BCUT2D eigenvalue weighted by Gasteiger charge is -2.11. The fourth-order valence-electron chi connectivity index (χ4n) is 1.60. The van der Waals surface area contributed by atoms with Gasteiger partial charge < -0.3 is 4.90 Å². The number of carbonyl (C=O) groups is 1. The molecule has 6 nitrogen and oxygen atoms in total. The third kappa shape index (κ3) is 2.99. The first-order valence-electron chi connectivity index (χ1n) is 5.70. The van der Waals surface area contributed by atoms with Crippen molar-refractivity contribution in [2.75, 3.05) is 20.6 Å². The predicted octanol–water partition coefficient (Wildman–Crippen LogP) is 1.49. The van der Waals surface area contributed by atoms with Crippen LogP contribution in [0.15, 0.2) is 6.20 Å². The smallest absolute Gasteiger partial charge is 0.226 e. The van der Waals surface area contributed by atoms with Crippen molar-refractivity contribution in [3.8, 4) is 0 Å². The molecule has 0 bridgehead atoms. The average molecular weight is 300 g/mol. The van der Waals surface area contributed by atoms with Crippen LogP contribution in [0.1, 0.15) is 21.1 Å². The van der Waals surface area contributed by atoms with Crippen molar-refractivity contribution < 1.29 is 4.79 Å². The molecule has 0 saturated heterocycles. The van der Waals surface area contributed by atoms with Crippen LogP contribution in [0, 0.1) is 6.92 Å². The molecular weight excluding hydrogens is 286 g/mol. The van der Waals surface area contributed by atoms with Crippen molar-refractivity contribution in [3.63, 3.8) is 0 Å². The number of nitrogens with zero attached hydrogens (tertiary/aromatic N) is 5. The Morgan fingerprint density at radius 1 is 1.53 bits per heavy atom. The molecule has 0 aliphatic heterocycles. The number of rotatable bonds is 5. The highest BCUT2D eigenvalue weighted by Gasteiger charge is 2.23. The van der Waals surface area contributed by atoms with Crippen molar-refractivity contribution in [1.82, 2.24) is 24.3 Å². The molecule has 0 aliphatic rings. The number of aryl methyl sites for hydroxylation is 1. The number of carbonyl (C=O) groups excluding carboxylic acids is 1. The molecule has 2 rings (SSSR count). The Morgan fingerprint density at radius 3 is 2.84 bits per heavy atom. The molecule has 0 aliphatic carbocycles. The first kappa shape index (κ1) is 14.1. The number of ketones is 1. The normalized spacial score (nSPS) is 11.2. The zero-order valence-electron chi connectivity index (χ0n) is 10.9. The van der Waals surface area contributed by atoms with Crippen LogP contribution in [-0.4, -0.2) is 50.7 Å². The maximum atomic E-state index is 12.4. The van der Waals surface area contributed by atoms with Gasteiger partial charge in [0, 0.05) is 6.54 Å². The van der Waals surface area contributed by atoms with E-state index in [1.54, 1.807) is 11.6 Å². The van der Waals surface area contributed by atoms with E-state index in [0.717, 1.165) is 18.1 Å². The van der Waals surface area contributed by atoms with Crippen LogP contribution >= 0.6 is 23.1 Å². The van der Waals surface area contributed by atoms with Gasteiger partial charge in [0.2, 0.25) is 5.78 Å². The Labute approximate surface area is 120 Å². The Balaban J connectivity index is 2.31. The summed E-state index contributed by atoms with van der Waals surface area (Å²) >= 11 is 7.15. The fraction of sp³-hybridized carbons (Fsp3) is 0.455. The summed E-state index contributed by atoms with van der Waals surface area (Å²) < 4.78 is 5.40. The molecule has 2 aromatic heterocycles. The van der Waals surface area contributed by atoms with E-state index >= 15 is 0 Å². The Hall–Kier alpha value is -1.31. The zero-order chi connectivity index (χ0) is 14.0. The highest BCUT2D eigenvalue weighted by Crippen LogP contribution is 2.22. The monoisotopic (exact) mass is 299 g/mol. The van der Waals surface area contributed by atoms with Gasteiger partial charge in [-0.2, -0.15) is 5.10 Å². The van der Waals surface area contributed by atoms with Crippen LogP contribution in [0.25, 0.3) is 0 Å². The van der Waals surface area contributed by atoms with Gasteiger partial charge in [0.15, 0.2) is 0 Å². The van der Waals surface area contributed by atoms with Crippen molar-refractivity contribution in [1.29, 1.82) is 0 Å². The standard InChI is InChI=1S/C11H14ClN5OS/c1-7-11(19-15-14-7)10(18)9-8(12)6-13-17(9)5-4-16(2)3/h6H,4-5H2,1-3H3. The van der Waals surface area contributed by atoms with Gasteiger partial charge in [-0.3, -0.25) is 9.48 Å². The maximum Gasteiger partial charge on any atom is 0.226 e. The lowest BCUT2D eigenvalue weighted by Crippen LogP contribution is -2.21. The molecule has 0 unspecified atom stereocenters. The molecule has 0 radical (unpaired) electrons. The Kier molecular flexibility index (Phi) is 4.28. The van der Waals surface area contributed by atoms with E-state index in [0.29, 0.717) is 27.8 Å². The highest BCUT2D eigenvalue weighted by molar-refractivity contribution is 7.08. The number of aromatic nitrogens is 4. The van der Waals surface area contributed by atoms with Crippen molar-refractivity contribution in [2.45, 2.75) is 13.5 Å². The van der Waals surface area contributed by atoms with Crippen molar-refractivity contribution in [2.24, 2.45) is 0 Å². The van der Waals surface area contributed by atoms with Crippen LogP contribution in [0.5, 0.6) is 0 Å². The molecule has 2 aromatic rings. The zero-order valence-corrected chi connectivity index (χ0v) is 12.5. The van der Waals surface area contributed by atoms with Gasteiger partial charge >= 0.3 is 0 Å². The van der Waals surface area contributed by atoms with Gasteiger partial charge in [0.25, 0.3) is 0 Å². The molecular formula is C11H14ClN5OS. The summed E-state index contributed by atoms with van der Waals surface area (Å²) in [4.78, 5) is 15.0.